The summed E-state index contributed by atoms with van der Waals surface area (Å²) in [7, 11) is 0. The molecule has 0 bridgehead atoms. The molecule has 0 saturated heterocycles. The van der Waals surface area contributed by atoms with Gasteiger partial charge in [-0.2, -0.15) is 5.26 Å². The Balaban J connectivity index is 3.08. The minimum Gasteiger partial charge on any atom is -0.294 e. The fourth-order valence-corrected chi connectivity index (χ4v) is 1.54. The van der Waals surface area contributed by atoms with Crippen LogP contribution in [0, 0.1) is 21.4 Å². The third-order valence-electron chi connectivity index (χ3n) is 1.92. The minimum absolute atomic E-state index is 0.00102. The van der Waals surface area contributed by atoms with Gasteiger partial charge in [-0.25, -0.2) is 0 Å². The van der Waals surface area contributed by atoms with E-state index in [1.807, 2.05) is 6.07 Å². The van der Waals surface area contributed by atoms with Gasteiger partial charge in [0, 0.05) is 23.4 Å². The predicted molar refractivity (Wildman–Crippen MR) is 60.0 cm³/mol. The number of benzene rings is 1. The molecule has 0 radical (unpaired) electrons. The highest BCUT2D eigenvalue weighted by Gasteiger charge is 2.19. The molecule has 0 aliphatic carbocycles. The van der Waals surface area contributed by atoms with Crippen molar-refractivity contribution in [2.24, 2.45) is 0 Å². The van der Waals surface area contributed by atoms with Crippen LogP contribution in [0.1, 0.15) is 23.2 Å². The first-order valence-corrected chi connectivity index (χ1v) is 5.19. The number of hydrogen-bond donors (Lipinski definition) is 0. The number of nitriles is 1. The third-order valence-corrected chi connectivity index (χ3v) is 2.41. The Kier molecular flexibility index (Phi) is 4.14. The average molecular weight is 283 g/mol. The summed E-state index contributed by atoms with van der Waals surface area (Å²) in [5.41, 5.74) is -0.194. The van der Waals surface area contributed by atoms with Crippen molar-refractivity contribution in [3.8, 4) is 6.07 Å². The Hall–Kier alpha value is -1.74. The lowest BCUT2D eigenvalue weighted by Gasteiger charge is -2.01. The smallest absolute Gasteiger partial charge is 0.281 e. The number of carbonyl (C=O) groups excluding carboxylic acids is 1. The van der Waals surface area contributed by atoms with Gasteiger partial charge in [0.1, 0.15) is 0 Å². The number of rotatable bonds is 4. The van der Waals surface area contributed by atoms with Crippen molar-refractivity contribution in [2.45, 2.75) is 12.8 Å². The summed E-state index contributed by atoms with van der Waals surface area (Å²) in [6.07, 6.45) is 0.0605. The summed E-state index contributed by atoms with van der Waals surface area (Å²) in [6.45, 7) is 0. The predicted octanol–water partition coefficient (Wildman–Crippen LogP) is 2.84. The SMILES string of the molecule is N#CCCC(=O)c1ccc(Br)cc1[N+](=O)[O-]. The second-order valence-electron chi connectivity index (χ2n) is 3.00. The number of halogens is 1. The topological polar surface area (TPSA) is 84.0 Å². The lowest BCUT2D eigenvalue weighted by atomic mass is 10.1. The van der Waals surface area contributed by atoms with Gasteiger partial charge in [-0.1, -0.05) is 15.9 Å². The molecule has 82 valence electrons. The molecule has 0 heterocycles. The van der Waals surface area contributed by atoms with Crippen molar-refractivity contribution < 1.29 is 9.72 Å². The molecule has 0 fully saturated rings. The van der Waals surface area contributed by atoms with Crippen LogP contribution in [0.4, 0.5) is 5.69 Å². The number of ketones is 1. The number of hydrogen-bond acceptors (Lipinski definition) is 4. The van der Waals surface area contributed by atoms with Gasteiger partial charge >= 0.3 is 0 Å². The van der Waals surface area contributed by atoms with Gasteiger partial charge < -0.3 is 0 Å². The molecule has 0 aliphatic rings. The van der Waals surface area contributed by atoms with Crippen molar-refractivity contribution in [1.29, 1.82) is 5.26 Å². The zero-order valence-corrected chi connectivity index (χ0v) is 9.73. The monoisotopic (exact) mass is 282 g/mol. The number of nitro groups is 1. The van der Waals surface area contributed by atoms with E-state index in [1.165, 1.54) is 12.1 Å². The van der Waals surface area contributed by atoms with Gasteiger partial charge in [0.05, 0.1) is 16.6 Å². The first-order valence-electron chi connectivity index (χ1n) is 4.40. The van der Waals surface area contributed by atoms with Gasteiger partial charge in [0.15, 0.2) is 5.78 Å². The Labute approximate surface area is 100.0 Å². The van der Waals surface area contributed by atoms with Gasteiger partial charge in [0.25, 0.3) is 5.69 Å². The summed E-state index contributed by atoms with van der Waals surface area (Å²) >= 11 is 3.10. The first-order chi connectivity index (χ1) is 7.56. The maximum atomic E-state index is 11.6. The fraction of sp³-hybridized carbons (Fsp3) is 0.200. The van der Waals surface area contributed by atoms with Gasteiger partial charge in [-0.05, 0) is 12.1 Å². The van der Waals surface area contributed by atoms with E-state index in [0.29, 0.717) is 4.47 Å². The van der Waals surface area contributed by atoms with E-state index in [4.69, 9.17) is 5.26 Å². The molecular weight excluding hydrogens is 276 g/mol. The van der Waals surface area contributed by atoms with Crippen LogP contribution >= 0.6 is 15.9 Å². The van der Waals surface area contributed by atoms with Crippen LogP contribution in [0.5, 0.6) is 0 Å². The van der Waals surface area contributed by atoms with Crippen molar-refractivity contribution in [2.75, 3.05) is 0 Å². The van der Waals surface area contributed by atoms with Crippen LogP contribution in [0.25, 0.3) is 0 Å². The lowest BCUT2D eigenvalue weighted by Crippen LogP contribution is -2.03. The van der Waals surface area contributed by atoms with E-state index >= 15 is 0 Å². The summed E-state index contributed by atoms with van der Waals surface area (Å²) in [4.78, 5) is 21.7. The number of Topliss-reactive ketones (excluding diaryl/α,β-unsaturated/α-hetero) is 1. The van der Waals surface area contributed by atoms with Gasteiger partial charge in [-0.3, -0.25) is 14.9 Å². The number of nitro benzene ring substituents is 1. The van der Waals surface area contributed by atoms with Crippen LogP contribution in [-0.4, -0.2) is 10.7 Å². The summed E-state index contributed by atoms with van der Waals surface area (Å²) in [5, 5.41) is 19.1. The molecular formula is C10H7BrN2O3. The molecule has 0 aliphatic heterocycles. The van der Waals surface area contributed by atoms with Gasteiger partial charge in [0.2, 0.25) is 0 Å². The molecule has 1 aromatic carbocycles. The molecule has 16 heavy (non-hydrogen) atoms. The molecule has 1 rings (SSSR count). The van der Waals surface area contributed by atoms with E-state index in [2.05, 4.69) is 15.9 Å². The molecule has 0 aromatic heterocycles. The molecule has 0 saturated carbocycles. The Morgan fingerprint density at radius 1 is 1.56 bits per heavy atom. The Morgan fingerprint density at radius 2 is 2.25 bits per heavy atom. The van der Waals surface area contributed by atoms with Crippen molar-refractivity contribution >= 4 is 27.4 Å². The van der Waals surface area contributed by atoms with Crippen LogP contribution in [0.2, 0.25) is 0 Å². The summed E-state index contributed by atoms with van der Waals surface area (Å²) < 4.78 is 0.538. The fourth-order valence-electron chi connectivity index (χ4n) is 1.20. The standard InChI is InChI=1S/C10H7BrN2O3/c11-7-3-4-8(9(6-7)13(15)16)10(14)2-1-5-12/h3-4,6H,1-2H2. The van der Waals surface area contributed by atoms with Gasteiger partial charge in [-0.15, -0.1) is 0 Å². The van der Waals surface area contributed by atoms with E-state index in [1.54, 1.807) is 6.07 Å². The van der Waals surface area contributed by atoms with E-state index in [0.717, 1.165) is 0 Å². The zero-order chi connectivity index (χ0) is 12.1. The molecule has 1 aromatic rings. The largest absolute Gasteiger partial charge is 0.294 e. The van der Waals surface area contributed by atoms with Crippen molar-refractivity contribution in [3.05, 3.63) is 38.3 Å². The average Bonchev–Trinajstić information content (AvgIpc) is 2.25. The van der Waals surface area contributed by atoms with Crippen molar-refractivity contribution in [3.63, 3.8) is 0 Å². The second-order valence-corrected chi connectivity index (χ2v) is 3.92. The summed E-state index contributed by atoms with van der Waals surface area (Å²) in [5.74, 6) is -0.388. The summed E-state index contributed by atoms with van der Waals surface area (Å²) in [6, 6.07) is 6.06. The molecule has 0 unspecified atom stereocenters. The highest BCUT2D eigenvalue weighted by molar-refractivity contribution is 9.10. The molecule has 6 heteroatoms. The number of nitrogens with zero attached hydrogens (tertiary/aromatic N) is 2. The minimum atomic E-state index is -0.607. The van der Waals surface area contributed by atoms with Crippen LogP contribution in [-0.2, 0) is 0 Å². The number of carbonyl (C=O) groups is 1. The molecule has 0 spiro atoms. The molecule has 0 N–H and O–H groups in total. The van der Waals surface area contributed by atoms with E-state index in [-0.39, 0.29) is 29.9 Å². The highest BCUT2D eigenvalue weighted by atomic mass is 79.9. The van der Waals surface area contributed by atoms with Crippen LogP contribution in [0.3, 0.4) is 0 Å². The highest BCUT2D eigenvalue weighted by Crippen LogP contribution is 2.24. The lowest BCUT2D eigenvalue weighted by molar-refractivity contribution is -0.385. The maximum absolute atomic E-state index is 11.6. The Bertz CT molecular complexity index is 479. The molecule has 5 nitrogen and oxygen atoms in total. The van der Waals surface area contributed by atoms with Crippen molar-refractivity contribution in [1.82, 2.24) is 0 Å². The van der Waals surface area contributed by atoms with E-state index < -0.39 is 4.92 Å². The van der Waals surface area contributed by atoms with Crippen LogP contribution < -0.4 is 0 Å². The molecule has 0 amide bonds. The van der Waals surface area contributed by atoms with Crippen LogP contribution in [0.15, 0.2) is 22.7 Å². The van der Waals surface area contributed by atoms with E-state index in [9.17, 15) is 14.9 Å². The normalized spacial score (nSPS) is 9.50. The maximum Gasteiger partial charge on any atom is 0.281 e. The second kappa shape index (κ2) is 5.37. The first kappa shape index (κ1) is 12.3. The Morgan fingerprint density at radius 3 is 2.81 bits per heavy atom. The quantitative estimate of drug-likeness (QED) is 0.483. The zero-order valence-electron chi connectivity index (χ0n) is 8.14. The molecule has 0 atom stereocenters. The third kappa shape index (κ3) is 2.87.